The van der Waals surface area contributed by atoms with Gasteiger partial charge in [0.2, 0.25) is 5.82 Å². The number of hydrogen-bond acceptors (Lipinski definition) is 2. The van der Waals surface area contributed by atoms with Gasteiger partial charge in [-0.15, -0.1) is 0 Å². The molecular weight excluding hydrogens is 236 g/mol. The maximum atomic E-state index is 13.6. The van der Waals surface area contributed by atoms with E-state index >= 15 is 0 Å². The van der Waals surface area contributed by atoms with E-state index in [1.807, 2.05) is 19.9 Å². The van der Waals surface area contributed by atoms with Crippen LogP contribution < -0.4 is 10.5 Å². The molecule has 0 radical (unpaired) electrons. The van der Waals surface area contributed by atoms with Crippen molar-refractivity contribution < 1.29 is 13.5 Å². The molecule has 0 aliphatic carbocycles. The van der Waals surface area contributed by atoms with Crippen LogP contribution in [0, 0.1) is 25.5 Å². The van der Waals surface area contributed by atoms with Crippen molar-refractivity contribution in [2.24, 2.45) is 0 Å². The van der Waals surface area contributed by atoms with Crippen LogP contribution in [0.4, 0.5) is 14.5 Å². The molecule has 0 aliphatic heterocycles. The fraction of sp³-hybridized carbons (Fsp3) is 0.143. The Hall–Kier alpha value is -2.10. The third-order valence-electron chi connectivity index (χ3n) is 2.85. The first-order valence-electron chi connectivity index (χ1n) is 5.48. The molecule has 94 valence electrons. The lowest BCUT2D eigenvalue weighted by Gasteiger charge is -2.13. The highest BCUT2D eigenvalue weighted by molar-refractivity contribution is 5.55. The van der Waals surface area contributed by atoms with Gasteiger partial charge in [-0.2, -0.15) is 4.39 Å². The van der Waals surface area contributed by atoms with E-state index in [1.54, 1.807) is 12.1 Å². The summed E-state index contributed by atoms with van der Waals surface area (Å²) in [6.45, 7) is 3.76. The minimum absolute atomic E-state index is 0.0646. The fourth-order valence-electron chi connectivity index (χ4n) is 1.60. The molecule has 0 atom stereocenters. The highest BCUT2D eigenvalue weighted by atomic mass is 19.2. The van der Waals surface area contributed by atoms with E-state index in [0.717, 1.165) is 17.2 Å². The SMILES string of the molecule is Cc1cccc(Oc2c(N)ccc(F)c2F)c1C. The van der Waals surface area contributed by atoms with Gasteiger partial charge in [-0.3, -0.25) is 0 Å². The molecular formula is C14H13F2NO. The summed E-state index contributed by atoms with van der Waals surface area (Å²) in [5.41, 5.74) is 7.52. The fourth-order valence-corrected chi connectivity index (χ4v) is 1.60. The van der Waals surface area contributed by atoms with Gasteiger partial charge in [0, 0.05) is 0 Å². The van der Waals surface area contributed by atoms with Gasteiger partial charge in [-0.1, -0.05) is 12.1 Å². The predicted molar refractivity (Wildman–Crippen MR) is 66.8 cm³/mol. The topological polar surface area (TPSA) is 35.2 Å². The van der Waals surface area contributed by atoms with Crippen LogP contribution in [0.15, 0.2) is 30.3 Å². The summed E-state index contributed by atoms with van der Waals surface area (Å²) in [5.74, 6) is -1.87. The van der Waals surface area contributed by atoms with E-state index < -0.39 is 11.6 Å². The van der Waals surface area contributed by atoms with Crippen molar-refractivity contribution in [1.82, 2.24) is 0 Å². The number of benzene rings is 2. The predicted octanol–water partition coefficient (Wildman–Crippen LogP) is 3.96. The third kappa shape index (κ3) is 2.14. The molecule has 0 fully saturated rings. The van der Waals surface area contributed by atoms with Crippen molar-refractivity contribution in [1.29, 1.82) is 0 Å². The van der Waals surface area contributed by atoms with Crippen LogP contribution in [0.25, 0.3) is 0 Å². The van der Waals surface area contributed by atoms with Crippen LogP contribution in [-0.4, -0.2) is 0 Å². The van der Waals surface area contributed by atoms with Crippen LogP contribution in [0.3, 0.4) is 0 Å². The summed E-state index contributed by atoms with van der Waals surface area (Å²) >= 11 is 0. The second kappa shape index (κ2) is 4.64. The molecule has 0 aliphatic rings. The monoisotopic (exact) mass is 249 g/mol. The van der Waals surface area contributed by atoms with Crippen LogP contribution in [0.5, 0.6) is 11.5 Å². The average molecular weight is 249 g/mol. The van der Waals surface area contributed by atoms with Gasteiger partial charge >= 0.3 is 0 Å². The van der Waals surface area contributed by atoms with E-state index in [1.165, 1.54) is 6.07 Å². The Kier molecular flexibility index (Phi) is 3.19. The summed E-state index contributed by atoms with van der Waals surface area (Å²) < 4.78 is 32.1. The van der Waals surface area contributed by atoms with Gasteiger partial charge in [0.1, 0.15) is 5.75 Å². The minimum atomic E-state index is -1.07. The van der Waals surface area contributed by atoms with Gasteiger partial charge < -0.3 is 10.5 Å². The van der Waals surface area contributed by atoms with Gasteiger partial charge in [-0.05, 0) is 43.2 Å². The van der Waals surface area contributed by atoms with E-state index in [4.69, 9.17) is 10.5 Å². The molecule has 2 aromatic rings. The van der Waals surface area contributed by atoms with Crippen molar-refractivity contribution in [2.45, 2.75) is 13.8 Å². The number of halogens is 2. The lowest BCUT2D eigenvalue weighted by Crippen LogP contribution is -1.99. The quantitative estimate of drug-likeness (QED) is 0.818. The molecule has 0 aromatic heterocycles. The van der Waals surface area contributed by atoms with Crippen molar-refractivity contribution >= 4 is 5.69 Å². The standard InChI is InChI=1S/C14H13F2NO/c1-8-4-3-5-12(9(8)2)18-14-11(17)7-6-10(15)13(14)16/h3-7H,17H2,1-2H3. The van der Waals surface area contributed by atoms with Gasteiger partial charge in [-0.25, -0.2) is 4.39 Å². The van der Waals surface area contributed by atoms with Crippen LogP contribution in [0.2, 0.25) is 0 Å². The molecule has 2 rings (SSSR count). The van der Waals surface area contributed by atoms with Crippen LogP contribution in [-0.2, 0) is 0 Å². The van der Waals surface area contributed by atoms with Crippen molar-refractivity contribution in [2.75, 3.05) is 5.73 Å². The van der Waals surface area contributed by atoms with Gasteiger partial charge in [0.15, 0.2) is 11.6 Å². The molecule has 0 saturated carbocycles. The summed E-state index contributed by atoms with van der Waals surface area (Å²) in [6, 6.07) is 7.63. The number of aryl methyl sites for hydroxylation is 1. The molecule has 2 aromatic carbocycles. The Morgan fingerprint density at radius 1 is 1.06 bits per heavy atom. The van der Waals surface area contributed by atoms with Gasteiger partial charge in [0.05, 0.1) is 5.69 Å². The smallest absolute Gasteiger partial charge is 0.203 e. The van der Waals surface area contributed by atoms with E-state index in [-0.39, 0.29) is 11.4 Å². The first-order chi connectivity index (χ1) is 8.50. The molecule has 4 heteroatoms. The molecule has 0 spiro atoms. The zero-order valence-corrected chi connectivity index (χ0v) is 10.1. The average Bonchev–Trinajstić information content (AvgIpc) is 2.35. The van der Waals surface area contributed by atoms with Crippen molar-refractivity contribution in [3.8, 4) is 11.5 Å². The number of nitrogen functional groups attached to an aromatic ring is 1. The molecule has 18 heavy (non-hydrogen) atoms. The number of ether oxygens (including phenoxy) is 1. The first kappa shape index (κ1) is 12.4. The van der Waals surface area contributed by atoms with E-state index in [0.29, 0.717) is 5.75 Å². The second-order valence-corrected chi connectivity index (χ2v) is 4.08. The highest BCUT2D eigenvalue weighted by Gasteiger charge is 2.15. The van der Waals surface area contributed by atoms with Crippen LogP contribution in [0.1, 0.15) is 11.1 Å². The van der Waals surface area contributed by atoms with E-state index in [9.17, 15) is 8.78 Å². The van der Waals surface area contributed by atoms with Crippen LogP contribution >= 0.6 is 0 Å². The normalized spacial score (nSPS) is 10.4. The largest absolute Gasteiger partial charge is 0.452 e. The Balaban J connectivity index is 2.46. The summed E-state index contributed by atoms with van der Waals surface area (Å²) in [7, 11) is 0. The van der Waals surface area contributed by atoms with Gasteiger partial charge in [0.25, 0.3) is 0 Å². The Bertz CT molecular complexity index is 597. The lowest BCUT2D eigenvalue weighted by molar-refractivity contribution is 0.416. The first-order valence-corrected chi connectivity index (χ1v) is 5.48. The number of hydrogen-bond donors (Lipinski definition) is 1. The third-order valence-corrected chi connectivity index (χ3v) is 2.85. The highest BCUT2D eigenvalue weighted by Crippen LogP contribution is 2.33. The number of nitrogens with two attached hydrogens (primary N) is 1. The maximum Gasteiger partial charge on any atom is 0.203 e. The lowest BCUT2D eigenvalue weighted by atomic mass is 10.1. The van der Waals surface area contributed by atoms with Crippen molar-refractivity contribution in [3.05, 3.63) is 53.1 Å². The van der Waals surface area contributed by atoms with Crippen molar-refractivity contribution in [3.63, 3.8) is 0 Å². The summed E-state index contributed by atoms with van der Waals surface area (Å²) in [6.07, 6.45) is 0. The molecule has 0 heterocycles. The summed E-state index contributed by atoms with van der Waals surface area (Å²) in [5, 5.41) is 0. The number of anilines is 1. The molecule has 0 bridgehead atoms. The molecule has 2 N–H and O–H groups in total. The molecule has 0 unspecified atom stereocenters. The molecule has 0 saturated heterocycles. The maximum absolute atomic E-state index is 13.6. The Morgan fingerprint density at radius 3 is 2.50 bits per heavy atom. The number of rotatable bonds is 2. The Morgan fingerprint density at radius 2 is 1.78 bits per heavy atom. The van der Waals surface area contributed by atoms with E-state index in [2.05, 4.69) is 0 Å². The molecule has 0 amide bonds. The zero-order chi connectivity index (χ0) is 13.3. The summed E-state index contributed by atoms with van der Waals surface area (Å²) in [4.78, 5) is 0. The molecule has 2 nitrogen and oxygen atoms in total. The zero-order valence-electron chi connectivity index (χ0n) is 10.1. The second-order valence-electron chi connectivity index (χ2n) is 4.08. The minimum Gasteiger partial charge on any atom is -0.452 e. The Labute approximate surface area is 104 Å².